The minimum Gasteiger partial charge on any atom is -0.497 e. The topological polar surface area (TPSA) is 59.3 Å². The van der Waals surface area contributed by atoms with Gasteiger partial charge in [-0.15, -0.1) is 0 Å². The molecule has 0 spiro atoms. The summed E-state index contributed by atoms with van der Waals surface area (Å²) in [5.74, 6) is 4.66. The zero-order valence-electron chi connectivity index (χ0n) is 20.6. The summed E-state index contributed by atoms with van der Waals surface area (Å²) in [6.07, 6.45) is 3.79. The Morgan fingerprint density at radius 2 is 1.61 bits per heavy atom. The van der Waals surface area contributed by atoms with Crippen molar-refractivity contribution >= 4 is 10.8 Å². The molecule has 0 aliphatic carbocycles. The Labute approximate surface area is 209 Å². The number of pyridine rings is 1. The Hall–Kier alpha value is -4.13. The van der Waals surface area contributed by atoms with Crippen LogP contribution in [0.4, 0.5) is 0 Å². The highest BCUT2D eigenvalue weighted by atomic mass is 16.7. The van der Waals surface area contributed by atoms with Gasteiger partial charge >= 0.3 is 0 Å². The van der Waals surface area contributed by atoms with Gasteiger partial charge in [0.25, 0.3) is 0 Å². The van der Waals surface area contributed by atoms with E-state index in [1.807, 2.05) is 30.3 Å². The molecule has 2 aliphatic rings. The van der Waals surface area contributed by atoms with Crippen LogP contribution in [0.5, 0.6) is 34.5 Å². The SMILES string of the molecule is COc1ccc(OCCc2c3[n+](cc4c(OC)c(OC)ccc24)CCc2cc4c(cc2-3)OCO4)cc1. The fraction of sp³-hybridized carbons (Fsp3) is 0.276. The van der Waals surface area contributed by atoms with Gasteiger partial charge in [-0.05, 0) is 54.1 Å². The average Bonchev–Trinajstić information content (AvgIpc) is 3.38. The minimum atomic E-state index is 0.259. The van der Waals surface area contributed by atoms with E-state index in [2.05, 4.69) is 29.0 Å². The van der Waals surface area contributed by atoms with E-state index in [9.17, 15) is 0 Å². The highest BCUT2D eigenvalue weighted by molar-refractivity contribution is 5.95. The molecule has 6 rings (SSSR count). The van der Waals surface area contributed by atoms with Crippen LogP contribution in [0, 0.1) is 0 Å². The summed E-state index contributed by atoms with van der Waals surface area (Å²) in [4.78, 5) is 0. The lowest BCUT2D eigenvalue weighted by Crippen LogP contribution is -2.41. The zero-order chi connectivity index (χ0) is 24.6. The number of methoxy groups -OCH3 is 3. The van der Waals surface area contributed by atoms with E-state index < -0.39 is 0 Å². The first-order chi connectivity index (χ1) is 17.7. The lowest BCUT2D eigenvalue weighted by atomic mass is 9.90. The van der Waals surface area contributed by atoms with Gasteiger partial charge in [-0.3, -0.25) is 0 Å². The highest BCUT2D eigenvalue weighted by Gasteiger charge is 2.32. The quantitative estimate of drug-likeness (QED) is 0.352. The summed E-state index contributed by atoms with van der Waals surface area (Å²) >= 11 is 0. The van der Waals surface area contributed by atoms with E-state index in [0.717, 1.165) is 52.5 Å². The number of nitrogens with zero attached hydrogens (tertiary/aromatic N) is 1. The van der Waals surface area contributed by atoms with E-state index in [-0.39, 0.29) is 6.79 Å². The van der Waals surface area contributed by atoms with Crippen molar-refractivity contribution in [1.29, 1.82) is 0 Å². The molecule has 0 unspecified atom stereocenters. The molecule has 3 aromatic carbocycles. The third-order valence-corrected chi connectivity index (χ3v) is 6.92. The number of benzene rings is 3. The molecule has 0 bridgehead atoms. The predicted molar refractivity (Wildman–Crippen MR) is 135 cm³/mol. The molecule has 4 aromatic rings. The van der Waals surface area contributed by atoms with Crippen LogP contribution in [-0.2, 0) is 19.4 Å². The molecule has 0 radical (unpaired) electrons. The molecule has 0 atom stereocenters. The van der Waals surface area contributed by atoms with Crippen LogP contribution < -0.4 is 33.0 Å². The van der Waals surface area contributed by atoms with E-state index in [0.29, 0.717) is 18.8 Å². The van der Waals surface area contributed by atoms with Gasteiger partial charge in [0.15, 0.2) is 35.7 Å². The van der Waals surface area contributed by atoms with Crippen LogP contribution in [0.3, 0.4) is 0 Å². The summed E-state index contributed by atoms with van der Waals surface area (Å²) in [7, 11) is 5.01. The molecule has 3 heterocycles. The molecule has 0 fully saturated rings. The summed E-state index contributed by atoms with van der Waals surface area (Å²) in [5.41, 5.74) is 4.80. The third-order valence-electron chi connectivity index (χ3n) is 6.92. The van der Waals surface area contributed by atoms with Gasteiger partial charge in [0.2, 0.25) is 12.5 Å². The first kappa shape index (κ1) is 22.3. The van der Waals surface area contributed by atoms with Crippen LogP contribution in [0.25, 0.3) is 22.0 Å². The van der Waals surface area contributed by atoms with Crippen LogP contribution in [0.15, 0.2) is 54.7 Å². The Bertz CT molecular complexity index is 1450. The maximum atomic E-state index is 6.15. The highest BCUT2D eigenvalue weighted by Crippen LogP contribution is 2.43. The Morgan fingerprint density at radius 1 is 0.833 bits per heavy atom. The zero-order valence-corrected chi connectivity index (χ0v) is 20.6. The fourth-order valence-corrected chi connectivity index (χ4v) is 5.21. The Morgan fingerprint density at radius 3 is 2.36 bits per heavy atom. The minimum absolute atomic E-state index is 0.259. The van der Waals surface area contributed by atoms with Crippen LogP contribution in [0.1, 0.15) is 11.1 Å². The second-order valence-electron chi connectivity index (χ2n) is 8.80. The van der Waals surface area contributed by atoms with E-state index in [4.69, 9.17) is 28.4 Å². The van der Waals surface area contributed by atoms with Gasteiger partial charge in [-0.1, -0.05) is 0 Å². The van der Waals surface area contributed by atoms with Crippen molar-refractivity contribution in [3.05, 3.63) is 65.9 Å². The maximum absolute atomic E-state index is 6.15. The van der Waals surface area contributed by atoms with Crippen molar-refractivity contribution in [1.82, 2.24) is 0 Å². The van der Waals surface area contributed by atoms with Crippen LogP contribution >= 0.6 is 0 Å². The van der Waals surface area contributed by atoms with Crippen LogP contribution in [-0.4, -0.2) is 34.7 Å². The largest absolute Gasteiger partial charge is 0.497 e. The molecule has 2 aliphatic heterocycles. The van der Waals surface area contributed by atoms with Crippen molar-refractivity contribution in [2.45, 2.75) is 19.4 Å². The number of fused-ring (bicyclic) bond motifs is 5. The van der Waals surface area contributed by atoms with Gasteiger partial charge in [0.05, 0.1) is 38.9 Å². The van der Waals surface area contributed by atoms with Gasteiger partial charge in [0, 0.05) is 23.8 Å². The summed E-state index contributed by atoms with van der Waals surface area (Å²) in [6.45, 7) is 1.63. The summed E-state index contributed by atoms with van der Waals surface area (Å²) in [6, 6.07) is 16.0. The van der Waals surface area contributed by atoms with Crippen molar-refractivity contribution in [3.63, 3.8) is 0 Å². The Kier molecular flexibility index (Phi) is 5.68. The Balaban J connectivity index is 1.47. The lowest BCUT2D eigenvalue weighted by molar-refractivity contribution is -0.686. The monoisotopic (exact) mass is 486 g/mol. The van der Waals surface area contributed by atoms with E-state index in [1.54, 1.807) is 21.3 Å². The molecule has 7 heteroatoms. The molecule has 184 valence electrons. The third kappa shape index (κ3) is 3.71. The fourth-order valence-electron chi connectivity index (χ4n) is 5.21. The first-order valence-corrected chi connectivity index (χ1v) is 12.0. The number of aromatic nitrogens is 1. The number of ether oxygens (including phenoxy) is 6. The van der Waals surface area contributed by atoms with E-state index in [1.165, 1.54) is 22.4 Å². The molecule has 0 saturated heterocycles. The standard InChI is InChI=1S/C29H28NO6/c1-31-19-4-6-20(7-5-19)34-13-11-22-21-8-9-25(32-2)29(33-3)24(21)16-30-12-10-18-14-26-27(36-17-35-26)15-23(18)28(22)30/h4-9,14-16H,10-13,17H2,1-3H3/q+1. The van der Waals surface area contributed by atoms with Gasteiger partial charge in [0.1, 0.15) is 11.5 Å². The molecule has 36 heavy (non-hydrogen) atoms. The lowest BCUT2D eigenvalue weighted by Gasteiger charge is -2.21. The molecular formula is C29H28NO6+. The number of rotatable bonds is 7. The first-order valence-electron chi connectivity index (χ1n) is 12.0. The molecule has 0 saturated carbocycles. The normalized spacial score (nSPS) is 13.2. The average molecular weight is 487 g/mol. The van der Waals surface area contributed by atoms with Crippen molar-refractivity contribution < 1.29 is 33.0 Å². The van der Waals surface area contributed by atoms with Gasteiger partial charge in [-0.2, -0.15) is 4.57 Å². The molecule has 1 aromatic heterocycles. The maximum Gasteiger partial charge on any atom is 0.231 e. The summed E-state index contributed by atoms with van der Waals surface area (Å²) in [5, 5.41) is 2.13. The molecule has 7 nitrogen and oxygen atoms in total. The van der Waals surface area contributed by atoms with Gasteiger partial charge in [-0.25, -0.2) is 0 Å². The van der Waals surface area contributed by atoms with Crippen molar-refractivity contribution in [2.24, 2.45) is 0 Å². The van der Waals surface area contributed by atoms with Crippen molar-refractivity contribution in [3.8, 4) is 45.8 Å². The molecule has 0 N–H and O–H groups in total. The predicted octanol–water partition coefficient (Wildman–Crippen LogP) is 4.73. The van der Waals surface area contributed by atoms with Gasteiger partial charge < -0.3 is 28.4 Å². The van der Waals surface area contributed by atoms with Crippen molar-refractivity contribution in [2.75, 3.05) is 34.7 Å². The number of hydrogen-bond acceptors (Lipinski definition) is 6. The summed E-state index contributed by atoms with van der Waals surface area (Å²) < 4.78 is 36.5. The second kappa shape index (κ2) is 9.15. The molecular weight excluding hydrogens is 458 g/mol. The molecule has 0 amide bonds. The smallest absolute Gasteiger partial charge is 0.231 e. The number of aryl methyl sites for hydroxylation is 2. The van der Waals surface area contributed by atoms with Crippen LogP contribution in [0.2, 0.25) is 0 Å². The van der Waals surface area contributed by atoms with E-state index >= 15 is 0 Å². The second-order valence-corrected chi connectivity index (χ2v) is 8.80. The number of hydrogen-bond donors (Lipinski definition) is 0.